The molecule has 12 heteroatoms. The van der Waals surface area contributed by atoms with E-state index >= 15 is 0 Å². The van der Waals surface area contributed by atoms with Crippen molar-refractivity contribution in [3.05, 3.63) is 102 Å². The Bertz CT molecular complexity index is 1720. The van der Waals surface area contributed by atoms with Gasteiger partial charge in [0.05, 0.1) is 31.6 Å². The molecular weight excluding hydrogens is 725 g/mol. The van der Waals surface area contributed by atoms with Crippen molar-refractivity contribution in [1.29, 1.82) is 0 Å². The number of esters is 1. The van der Waals surface area contributed by atoms with Crippen molar-refractivity contribution >= 4 is 29.6 Å². The zero-order valence-electron chi connectivity index (χ0n) is 34.5. The van der Waals surface area contributed by atoms with E-state index in [0.717, 1.165) is 16.7 Å². The van der Waals surface area contributed by atoms with Crippen molar-refractivity contribution < 1.29 is 38.6 Å². The molecule has 0 heterocycles. The number of hydrogen-bond acceptors (Lipinski definition) is 8. The summed E-state index contributed by atoms with van der Waals surface area (Å²) >= 11 is 0. The molecule has 0 aliphatic rings. The molecule has 0 spiro atoms. The molecule has 57 heavy (non-hydrogen) atoms. The molecular formula is C45H62N4O8. The summed E-state index contributed by atoms with van der Waals surface area (Å²) < 4.78 is 11.1. The maximum absolute atomic E-state index is 13.9. The van der Waals surface area contributed by atoms with Crippen LogP contribution in [0, 0.1) is 17.8 Å². The van der Waals surface area contributed by atoms with E-state index in [1.54, 1.807) is 19.9 Å². The van der Waals surface area contributed by atoms with Crippen molar-refractivity contribution in [2.75, 3.05) is 6.61 Å². The Labute approximate surface area is 337 Å². The van der Waals surface area contributed by atoms with E-state index in [1.807, 2.05) is 113 Å². The summed E-state index contributed by atoms with van der Waals surface area (Å²) in [6, 6.07) is 21.9. The van der Waals surface area contributed by atoms with Gasteiger partial charge in [0.1, 0.15) is 30.5 Å². The fraction of sp³-hybridized carbons (Fsp3) is 0.489. The molecule has 310 valence electrons. The fourth-order valence-electron chi connectivity index (χ4n) is 6.27. The molecule has 0 saturated carbocycles. The number of carbonyl (C=O) groups excluding carboxylic acids is 5. The van der Waals surface area contributed by atoms with E-state index in [4.69, 9.17) is 9.47 Å². The van der Waals surface area contributed by atoms with Crippen LogP contribution in [0.4, 0.5) is 0 Å². The Balaban J connectivity index is 1.74. The Kier molecular flexibility index (Phi) is 19.2. The highest BCUT2D eigenvalue weighted by atomic mass is 16.5. The number of ether oxygens (including phenoxy) is 2. The SMILES string of the molecule is CCOc1cccc(CC(=O)N[C@H](C(=O)N[C@@H](Cc2ccccc2)[C@@H](O)CC(=O)N[C@H](C(=O)NC(C(=O)OCc2ccccc2)C(C)C)[C@@H](C)CC)[C@@H](C)CC)c1. The van der Waals surface area contributed by atoms with Crippen LogP contribution in [0.15, 0.2) is 84.9 Å². The number of hydrogen-bond donors (Lipinski definition) is 5. The van der Waals surface area contributed by atoms with Crippen LogP contribution in [-0.2, 0) is 48.2 Å². The van der Waals surface area contributed by atoms with Gasteiger partial charge in [0, 0.05) is 0 Å². The van der Waals surface area contributed by atoms with Crippen LogP contribution in [0.1, 0.15) is 84.4 Å². The molecule has 1 unspecified atom stereocenters. The van der Waals surface area contributed by atoms with Gasteiger partial charge in [0.15, 0.2) is 0 Å². The second-order valence-corrected chi connectivity index (χ2v) is 15.0. The highest BCUT2D eigenvalue weighted by molar-refractivity contribution is 5.91. The van der Waals surface area contributed by atoms with Crippen LogP contribution < -0.4 is 26.0 Å². The van der Waals surface area contributed by atoms with Gasteiger partial charge < -0.3 is 35.8 Å². The van der Waals surface area contributed by atoms with E-state index < -0.39 is 60.4 Å². The number of rotatable bonds is 23. The van der Waals surface area contributed by atoms with Gasteiger partial charge >= 0.3 is 5.97 Å². The van der Waals surface area contributed by atoms with E-state index in [-0.39, 0.29) is 43.1 Å². The maximum Gasteiger partial charge on any atom is 0.329 e. The minimum atomic E-state index is -1.36. The summed E-state index contributed by atoms with van der Waals surface area (Å²) in [4.78, 5) is 67.6. The first-order valence-corrected chi connectivity index (χ1v) is 20.1. The number of aliphatic hydroxyl groups is 1. The highest BCUT2D eigenvalue weighted by Crippen LogP contribution is 2.17. The third-order valence-corrected chi connectivity index (χ3v) is 10.1. The van der Waals surface area contributed by atoms with Crippen LogP contribution in [0.2, 0.25) is 0 Å². The molecule has 5 N–H and O–H groups in total. The van der Waals surface area contributed by atoms with Gasteiger partial charge in [0.25, 0.3) is 0 Å². The minimum absolute atomic E-state index is 0.0368. The molecule has 0 aliphatic heterocycles. The molecule has 0 saturated heterocycles. The summed E-state index contributed by atoms with van der Waals surface area (Å²) in [5.74, 6) is -2.80. The average Bonchev–Trinajstić information content (AvgIpc) is 3.20. The lowest BCUT2D eigenvalue weighted by Crippen LogP contribution is -2.57. The van der Waals surface area contributed by atoms with E-state index in [2.05, 4.69) is 21.3 Å². The summed E-state index contributed by atoms with van der Waals surface area (Å²) in [5.41, 5.74) is 2.36. The minimum Gasteiger partial charge on any atom is -0.494 e. The lowest BCUT2D eigenvalue weighted by Gasteiger charge is -2.30. The molecule has 0 radical (unpaired) electrons. The summed E-state index contributed by atoms with van der Waals surface area (Å²) in [7, 11) is 0. The second kappa shape index (κ2) is 23.7. The molecule has 0 aromatic heterocycles. The fourth-order valence-corrected chi connectivity index (χ4v) is 6.27. The number of benzene rings is 3. The van der Waals surface area contributed by atoms with Crippen molar-refractivity contribution in [3.63, 3.8) is 0 Å². The van der Waals surface area contributed by atoms with Crippen LogP contribution >= 0.6 is 0 Å². The number of amides is 4. The maximum atomic E-state index is 13.9. The first-order chi connectivity index (χ1) is 27.3. The second-order valence-electron chi connectivity index (χ2n) is 15.0. The summed E-state index contributed by atoms with van der Waals surface area (Å²) in [6.07, 6.45) is -0.424. The zero-order valence-corrected chi connectivity index (χ0v) is 34.5. The molecule has 3 aromatic carbocycles. The van der Waals surface area contributed by atoms with Gasteiger partial charge in [0.2, 0.25) is 23.6 Å². The van der Waals surface area contributed by atoms with Gasteiger partial charge in [-0.15, -0.1) is 0 Å². The number of carbonyl (C=O) groups is 5. The largest absolute Gasteiger partial charge is 0.494 e. The highest BCUT2D eigenvalue weighted by Gasteiger charge is 2.34. The predicted octanol–water partition coefficient (Wildman–Crippen LogP) is 5.05. The van der Waals surface area contributed by atoms with Gasteiger partial charge in [-0.25, -0.2) is 4.79 Å². The third-order valence-electron chi connectivity index (χ3n) is 10.1. The Morgan fingerprint density at radius 1 is 0.632 bits per heavy atom. The van der Waals surface area contributed by atoms with Gasteiger partial charge in [-0.3, -0.25) is 19.2 Å². The smallest absolute Gasteiger partial charge is 0.329 e. The Hall–Kier alpha value is -5.23. The molecule has 7 atom stereocenters. The normalized spacial score (nSPS) is 14.8. The average molecular weight is 787 g/mol. The first-order valence-electron chi connectivity index (χ1n) is 20.1. The van der Waals surface area contributed by atoms with Gasteiger partial charge in [-0.05, 0) is 59.9 Å². The molecule has 3 aromatic rings. The molecule has 4 amide bonds. The van der Waals surface area contributed by atoms with Crippen molar-refractivity contribution in [3.8, 4) is 5.75 Å². The van der Waals surface area contributed by atoms with Crippen LogP contribution in [0.5, 0.6) is 5.75 Å². The van der Waals surface area contributed by atoms with E-state index in [1.165, 1.54) is 0 Å². The quantitative estimate of drug-likeness (QED) is 0.0832. The molecule has 0 aliphatic carbocycles. The summed E-state index contributed by atoms with van der Waals surface area (Å²) in [5, 5.41) is 23.0. The van der Waals surface area contributed by atoms with Crippen LogP contribution in [-0.4, -0.2) is 71.6 Å². The number of nitrogens with one attached hydrogen (secondary N) is 4. The number of aliphatic hydroxyl groups excluding tert-OH is 1. The van der Waals surface area contributed by atoms with E-state index in [9.17, 15) is 29.1 Å². The third kappa shape index (κ3) is 15.3. The zero-order chi connectivity index (χ0) is 41.9. The standard InChI is InChI=1S/C45H62N4O8/c1-8-30(6)41(47-38(51)26-34-22-17-23-35(24-34)56-10-3)43(53)46-36(25-32-18-13-11-14-19-32)37(50)27-39(52)48-42(31(7)9-2)44(54)49-40(29(4)5)45(55)57-28-33-20-15-12-16-21-33/h11-24,29-31,36-37,40-42,50H,8-10,25-28H2,1-7H3,(H,46,53)(H,47,51)(H,48,52)(H,49,54)/t30-,31-,36-,37-,40?,41-,42-/m0/s1. The lowest BCUT2D eigenvalue weighted by atomic mass is 9.94. The first kappa shape index (κ1) is 46.2. The predicted molar refractivity (Wildman–Crippen MR) is 220 cm³/mol. The lowest BCUT2D eigenvalue weighted by molar-refractivity contribution is -0.150. The van der Waals surface area contributed by atoms with Crippen molar-refractivity contribution in [2.45, 2.75) is 117 Å². The molecule has 3 rings (SSSR count). The topological polar surface area (TPSA) is 172 Å². The molecule has 0 bridgehead atoms. The van der Waals surface area contributed by atoms with Gasteiger partial charge in [-0.2, -0.15) is 0 Å². The van der Waals surface area contributed by atoms with Crippen molar-refractivity contribution in [1.82, 2.24) is 21.3 Å². The Morgan fingerprint density at radius 3 is 1.74 bits per heavy atom. The van der Waals surface area contributed by atoms with E-state index in [0.29, 0.717) is 25.2 Å². The van der Waals surface area contributed by atoms with Crippen LogP contribution in [0.3, 0.4) is 0 Å². The van der Waals surface area contributed by atoms with Gasteiger partial charge in [-0.1, -0.05) is 127 Å². The molecule has 0 fully saturated rings. The monoisotopic (exact) mass is 786 g/mol. The van der Waals surface area contributed by atoms with Crippen LogP contribution in [0.25, 0.3) is 0 Å². The Morgan fingerprint density at radius 2 is 1.18 bits per heavy atom. The molecule has 12 nitrogen and oxygen atoms in total. The van der Waals surface area contributed by atoms with Crippen molar-refractivity contribution in [2.24, 2.45) is 17.8 Å². The summed E-state index contributed by atoms with van der Waals surface area (Å²) in [6.45, 7) is 13.5.